The number of rotatable bonds is 6. The largest absolute Gasteiger partial charge is 0.361 e. The van der Waals surface area contributed by atoms with Gasteiger partial charge >= 0.3 is 0 Å². The maximum Gasteiger partial charge on any atom is 0.250 e. The molecule has 0 spiro atoms. The lowest BCUT2D eigenvalue weighted by molar-refractivity contribution is 0.393. The van der Waals surface area contributed by atoms with E-state index in [2.05, 4.69) is 20.2 Å². The third-order valence-corrected chi connectivity index (χ3v) is 6.29. The second-order valence-corrected chi connectivity index (χ2v) is 7.96. The van der Waals surface area contributed by atoms with Gasteiger partial charge < -0.3 is 4.52 Å². The number of sulfonamides is 1. The summed E-state index contributed by atoms with van der Waals surface area (Å²) < 4.78 is 34.2. The molecule has 8 nitrogen and oxygen atoms in total. The third-order valence-electron chi connectivity index (χ3n) is 3.23. The highest BCUT2D eigenvalue weighted by Gasteiger charge is 2.20. The fraction of sp³-hybridized carbons (Fsp3) is 0.308. The molecule has 0 aliphatic carbocycles. The molecule has 0 fully saturated rings. The SMILES string of the molecule is Cc1noc(C)c1-c1ccc(S(=O)(=O)NCCn2ccnn2)s1. The van der Waals surface area contributed by atoms with Crippen LogP contribution in [0.4, 0.5) is 0 Å². The molecule has 3 rings (SSSR count). The minimum Gasteiger partial charge on any atom is -0.361 e. The first kappa shape index (κ1) is 15.8. The Morgan fingerprint density at radius 3 is 2.83 bits per heavy atom. The molecule has 3 heterocycles. The molecule has 0 amide bonds. The molecule has 0 unspecified atom stereocenters. The molecule has 0 saturated heterocycles. The van der Waals surface area contributed by atoms with E-state index >= 15 is 0 Å². The van der Waals surface area contributed by atoms with Gasteiger partial charge in [-0.25, -0.2) is 13.1 Å². The van der Waals surface area contributed by atoms with Crippen molar-refractivity contribution in [3.63, 3.8) is 0 Å². The second-order valence-electron chi connectivity index (χ2n) is 4.88. The molecule has 0 aliphatic rings. The fourth-order valence-corrected chi connectivity index (χ4v) is 4.67. The summed E-state index contributed by atoms with van der Waals surface area (Å²) in [6.07, 6.45) is 3.22. The zero-order valence-corrected chi connectivity index (χ0v) is 14.2. The van der Waals surface area contributed by atoms with Crippen LogP contribution in [0.1, 0.15) is 11.5 Å². The minimum absolute atomic E-state index is 0.240. The first-order chi connectivity index (χ1) is 11.0. The summed E-state index contributed by atoms with van der Waals surface area (Å²) >= 11 is 1.19. The molecule has 10 heteroatoms. The molecule has 0 aromatic carbocycles. The van der Waals surface area contributed by atoms with Crippen molar-refractivity contribution in [3.8, 4) is 10.4 Å². The van der Waals surface area contributed by atoms with Crippen molar-refractivity contribution in [1.82, 2.24) is 24.9 Å². The van der Waals surface area contributed by atoms with Crippen LogP contribution in [0.5, 0.6) is 0 Å². The lowest BCUT2D eigenvalue weighted by Crippen LogP contribution is -2.27. The van der Waals surface area contributed by atoms with E-state index in [1.54, 1.807) is 36.1 Å². The summed E-state index contributed by atoms with van der Waals surface area (Å²) in [5, 5.41) is 11.3. The van der Waals surface area contributed by atoms with Gasteiger partial charge in [0.05, 0.1) is 24.0 Å². The van der Waals surface area contributed by atoms with Crippen LogP contribution in [-0.2, 0) is 16.6 Å². The monoisotopic (exact) mass is 353 g/mol. The van der Waals surface area contributed by atoms with Crippen LogP contribution in [0.15, 0.2) is 33.3 Å². The normalized spacial score (nSPS) is 11.9. The zero-order chi connectivity index (χ0) is 16.4. The Hall–Kier alpha value is -2.04. The predicted molar refractivity (Wildman–Crippen MR) is 84.5 cm³/mol. The molecule has 0 aliphatic heterocycles. The number of hydrogen-bond acceptors (Lipinski definition) is 7. The van der Waals surface area contributed by atoms with Gasteiger partial charge in [-0.05, 0) is 26.0 Å². The van der Waals surface area contributed by atoms with Crippen LogP contribution >= 0.6 is 11.3 Å². The molecule has 0 saturated carbocycles. The van der Waals surface area contributed by atoms with Gasteiger partial charge in [0.25, 0.3) is 0 Å². The molecule has 3 aromatic rings. The van der Waals surface area contributed by atoms with Gasteiger partial charge in [-0.3, -0.25) is 4.68 Å². The number of aryl methyl sites for hydroxylation is 2. The topological polar surface area (TPSA) is 103 Å². The predicted octanol–water partition coefficient (Wildman–Crippen LogP) is 1.59. The van der Waals surface area contributed by atoms with Crippen molar-refractivity contribution in [3.05, 3.63) is 36.0 Å². The van der Waals surface area contributed by atoms with Crippen molar-refractivity contribution in [1.29, 1.82) is 0 Å². The van der Waals surface area contributed by atoms with Gasteiger partial charge in [0.15, 0.2) is 0 Å². The Morgan fingerprint density at radius 2 is 2.17 bits per heavy atom. The number of aromatic nitrogens is 4. The molecule has 122 valence electrons. The van der Waals surface area contributed by atoms with Gasteiger partial charge in [0, 0.05) is 17.6 Å². The Labute approximate surface area is 137 Å². The molecular formula is C13H15N5O3S2. The van der Waals surface area contributed by atoms with E-state index in [1.165, 1.54) is 11.3 Å². The number of nitrogens with zero attached hydrogens (tertiary/aromatic N) is 4. The van der Waals surface area contributed by atoms with Crippen LogP contribution in [-0.4, -0.2) is 35.1 Å². The van der Waals surface area contributed by atoms with E-state index in [1.807, 2.05) is 6.92 Å². The van der Waals surface area contributed by atoms with E-state index < -0.39 is 10.0 Å². The quantitative estimate of drug-likeness (QED) is 0.722. The third kappa shape index (κ3) is 3.33. The highest BCUT2D eigenvalue weighted by molar-refractivity contribution is 7.91. The Morgan fingerprint density at radius 1 is 1.35 bits per heavy atom. The van der Waals surface area contributed by atoms with Crippen LogP contribution in [0.3, 0.4) is 0 Å². The lowest BCUT2D eigenvalue weighted by atomic mass is 10.2. The van der Waals surface area contributed by atoms with Crippen molar-refractivity contribution in [2.24, 2.45) is 0 Å². The van der Waals surface area contributed by atoms with Gasteiger partial charge in [-0.2, -0.15) is 0 Å². The van der Waals surface area contributed by atoms with Crippen LogP contribution in [0, 0.1) is 13.8 Å². The Bertz CT molecular complexity index is 877. The molecule has 3 aromatic heterocycles. The first-order valence-corrected chi connectivity index (χ1v) is 9.14. The summed E-state index contributed by atoms with van der Waals surface area (Å²) in [4.78, 5) is 0.818. The van der Waals surface area contributed by atoms with Crippen LogP contribution in [0.2, 0.25) is 0 Å². The fourth-order valence-electron chi connectivity index (χ4n) is 2.15. The molecule has 1 N–H and O–H groups in total. The highest BCUT2D eigenvalue weighted by Crippen LogP contribution is 2.34. The van der Waals surface area contributed by atoms with E-state index in [0.717, 1.165) is 16.1 Å². The van der Waals surface area contributed by atoms with E-state index in [4.69, 9.17) is 4.52 Å². The summed E-state index contributed by atoms with van der Waals surface area (Å²) in [7, 11) is -3.55. The molecule has 23 heavy (non-hydrogen) atoms. The van der Waals surface area contributed by atoms with Crippen molar-refractivity contribution in [2.75, 3.05) is 6.54 Å². The summed E-state index contributed by atoms with van der Waals surface area (Å²) in [5.41, 5.74) is 1.59. The first-order valence-electron chi connectivity index (χ1n) is 6.84. The molecule has 0 radical (unpaired) electrons. The average molecular weight is 353 g/mol. The van der Waals surface area contributed by atoms with E-state index in [9.17, 15) is 8.42 Å². The van der Waals surface area contributed by atoms with Gasteiger partial charge in [0.1, 0.15) is 9.97 Å². The van der Waals surface area contributed by atoms with E-state index in [0.29, 0.717) is 12.3 Å². The van der Waals surface area contributed by atoms with Crippen molar-refractivity contribution in [2.45, 2.75) is 24.6 Å². The van der Waals surface area contributed by atoms with Gasteiger partial charge in [-0.15, -0.1) is 16.4 Å². The average Bonchev–Trinajstić information content (AvgIpc) is 3.21. The minimum atomic E-state index is -3.55. The molecule has 0 atom stereocenters. The molecule has 0 bridgehead atoms. The maximum atomic E-state index is 12.3. The number of hydrogen-bond donors (Lipinski definition) is 1. The standard InChI is InChI=1S/C13H15N5O3S2/c1-9-13(10(2)21-16-9)11-3-4-12(22-11)23(19,20)15-6-8-18-7-5-14-17-18/h3-5,7,15H,6,8H2,1-2H3. The Balaban J connectivity index is 1.73. The van der Waals surface area contributed by atoms with Gasteiger partial charge in [-0.1, -0.05) is 10.4 Å². The van der Waals surface area contributed by atoms with Crippen molar-refractivity contribution < 1.29 is 12.9 Å². The summed E-state index contributed by atoms with van der Waals surface area (Å²) in [6, 6.07) is 3.35. The summed E-state index contributed by atoms with van der Waals surface area (Å²) in [5.74, 6) is 0.674. The maximum absolute atomic E-state index is 12.3. The van der Waals surface area contributed by atoms with Crippen LogP contribution in [0.25, 0.3) is 10.4 Å². The number of nitrogens with one attached hydrogen (secondary N) is 1. The van der Waals surface area contributed by atoms with Crippen molar-refractivity contribution >= 4 is 21.4 Å². The Kier molecular flexibility index (Phi) is 4.28. The highest BCUT2D eigenvalue weighted by atomic mass is 32.2. The van der Waals surface area contributed by atoms with Gasteiger partial charge in [0.2, 0.25) is 10.0 Å². The second kappa shape index (κ2) is 6.22. The van der Waals surface area contributed by atoms with E-state index in [-0.39, 0.29) is 10.8 Å². The summed E-state index contributed by atoms with van der Waals surface area (Å²) in [6.45, 7) is 4.29. The lowest BCUT2D eigenvalue weighted by Gasteiger charge is -2.04. The van der Waals surface area contributed by atoms with Crippen LogP contribution < -0.4 is 4.72 Å². The smallest absolute Gasteiger partial charge is 0.250 e. The molecular weight excluding hydrogens is 338 g/mol. The zero-order valence-electron chi connectivity index (χ0n) is 12.6. The number of thiophene rings is 1.